The second-order valence-electron chi connectivity index (χ2n) is 6.59. The number of rotatable bonds is 6. The van der Waals surface area contributed by atoms with Crippen molar-refractivity contribution in [1.29, 1.82) is 0 Å². The third-order valence-electron chi connectivity index (χ3n) is 4.55. The maximum atomic E-state index is 12.8. The molecule has 0 bridgehead atoms. The first-order chi connectivity index (χ1) is 15.0. The lowest BCUT2D eigenvalue weighted by atomic mass is 10.2. The van der Waals surface area contributed by atoms with E-state index in [1.165, 1.54) is 23.1 Å². The summed E-state index contributed by atoms with van der Waals surface area (Å²) in [6, 6.07) is 9.75. The van der Waals surface area contributed by atoms with E-state index in [2.05, 4.69) is 4.74 Å². The van der Waals surface area contributed by atoms with E-state index in [1.54, 1.807) is 6.07 Å². The van der Waals surface area contributed by atoms with Crippen molar-refractivity contribution < 1.29 is 39.9 Å². The standard InChI is InChI=1S/C19H17F5N2O4S2/c20-18(21)31-16-4-2-1-3-15(16)17(27)25-9-11-26(12-10-25)32(28,29)14-7-5-13(6-8-14)30-19(22,23)24/h1-8,18H,9-12H2. The van der Waals surface area contributed by atoms with E-state index in [0.717, 1.165) is 28.6 Å². The van der Waals surface area contributed by atoms with E-state index in [1.807, 2.05) is 0 Å². The lowest BCUT2D eigenvalue weighted by Crippen LogP contribution is -2.50. The molecule has 1 amide bonds. The van der Waals surface area contributed by atoms with E-state index in [9.17, 15) is 35.2 Å². The number of sulfonamides is 1. The van der Waals surface area contributed by atoms with Crippen LogP contribution in [0.1, 0.15) is 10.4 Å². The van der Waals surface area contributed by atoms with Crippen molar-refractivity contribution in [2.24, 2.45) is 0 Å². The first-order valence-corrected chi connectivity index (χ1v) is 11.5. The molecule has 32 heavy (non-hydrogen) atoms. The molecule has 1 aliphatic heterocycles. The number of ether oxygens (including phenoxy) is 1. The molecule has 0 atom stereocenters. The topological polar surface area (TPSA) is 66.9 Å². The van der Waals surface area contributed by atoms with Gasteiger partial charge in [0.05, 0.1) is 10.5 Å². The molecule has 0 N–H and O–H groups in total. The second kappa shape index (κ2) is 9.63. The van der Waals surface area contributed by atoms with Crippen LogP contribution in [0.3, 0.4) is 0 Å². The number of amides is 1. The Hall–Kier alpha value is -2.38. The van der Waals surface area contributed by atoms with Crippen LogP contribution in [-0.2, 0) is 10.0 Å². The molecule has 0 aliphatic carbocycles. The number of piperazine rings is 1. The molecule has 3 rings (SSSR count). The average Bonchev–Trinajstić information content (AvgIpc) is 2.72. The number of hydrogen-bond donors (Lipinski definition) is 0. The summed E-state index contributed by atoms with van der Waals surface area (Å²) in [5.41, 5.74) is 0.106. The number of nitrogens with zero attached hydrogens (tertiary/aromatic N) is 2. The molecule has 2 aromatic carbocycles. The zero-order valence-corrected chi connectivity index (χ0v) is 17.9. The smallest absolute Gasteiger partial charge is 0.406 e. The Kier molecular flexibility index (Phi) is 7.30. The predicted octanol–water partition coefficient (Wildman–Crippen LogP) is 4.05. The maximum Gasteiger partial charge on any atom is 0.573 e. The molecule has 1 fully saturated rings. The minimum atomic E-state index is -4.89. The molecule has 2 aromatic rings. The van der Waals surface area contributed by atoms with Gasteiger partial charge in [-0.2, -0.15) is 13.1 Å². The van der Waals surface area contributed by atoms with Crippen LogP contribution in [-0.4, -0.2) is 61.8 Å². The van der Waals surface area contributed by atoms with Gasteiger partial charge < -0.3 is 9.64 Å². The van der Waals surface area contributed by atoms with Crippen molar-refractivity contribution in [3.8, 4) is 5.75 Å². The van der Waals surface area contributed by atoms with Crippen LogP contribution < -0.4 is 4.74 Å². The van der Waals surface area contributed by atoms with Gasteiger partial charge in [-0.15, -0.1) is 13.2 Å². The molecule has 0 spiro atoms. The minimum Gasteiger partial charge on any atom is -0.406 e. The van der Waals surface area contributed by atoms with E-state index in [-0.39, 0.29) is 53.3 Å². The van der Waals surface area contributed by atoms with Gasteiger partial charge in [0, 0.05) is 31.1 Å². The normalized spacial score (nSPS) is 15.8. The minimum absolute atomic E-state index is 0.0288. The fraction of sp³-hybridized carbons (Fsp3) is 0.316. The van der Waals surface area contributed by atoms with Crippen molar-refractivity contribution in [3.63, 3.8) is 0 Å². The molecule has 6 nitrogen and oxygen atoms in total. The lowest BCUT2D eigenvalue weighted by molar-refractivity contribution is -0.274. The number of carbonyl (C=O) groups is 1. The second-order valence-corrected chi connectivity index (χ2v) is 9.56. The first kappa shape index (κ1) is 24.3. The van der Waals surface area contributed by atoms with Crippen molar-refractivity contribution in [2.45, 2.75) is 21.9 Å². The molecule has 1 aliphatic rings. The van der Waals surface area contributed by atoms with Crippen LogP contribution in [0.2, 0.25) is 0 Å². The summed E-state index contributed by atoms with van der Waals surface area (Å²) in [6.45, 7) is -0.0555. The van der Waals surface area contributed by atoms with Gasteiger partial charge in [0.1, 0.15) is 5.75 Å². The van der Waals surface area contributed by atoms with Gasteiger partial charge in [-0.1, -0.05) is 23.9 Å². The SMILES string of the molecule is O=C(c1ccccc1SC(F)F)N1CCN(S(=O)(=O)c2ccc(OC(F)(F)F)cc2)CC1. The number of benzene rings is 2. The number of thioether (sulfide) groups is 1. The van der Waals surface area contributed by atoms with Crippen molar-refractivity contribution >= 4 is 27.7 Å². The van der Waals surface area contributed by atoms with E-state index < -0.39 is 33.8 Å². The van der Waals surface area contributed by atoms with Crippen molar-refractivity contribution in [2.75, 3.05) is 26.2 Å². The Morgan fingerprint density at radius 1 is 0.969 bits per heavy atom. The molecule has 0 radical (unpaired) electrons. The zero-order chi connectivity index (χ0) is 23.5. The summed E-state index contributed by atoms with van der Waals surface area (Å²) in [7, 11) is -4.01. The zero-order valence-electron chi connectivity index (χ0n) is 16.3. The summed E-state index contributed by atoms with van der Waals surface area (Å²) in [6.07, 6.45) is -4.89. The van der Waals surface area contributed by atoms with Crippen LogP contribution in [0, 0.1) is 0 Å². The Balaban J connectivity index is 1.67. The number of hydrogen-bond acceptors (Lipinski definition) is 5. The molecule has 13 heteroatoms. The molecular weight excluding hydrogens is 479 g/mol. The maximum absolute atomic E-state index is 12.8. The highest BCUT2D eigenvalue weighted by atomic mass is 32.2. The Labute approximate surface area is 185 Å². The van der Waals surface area contributed by atoms with Gasteiger partial charge in [-0.25, -0.2) is 8.42 Å². The summed E-state index contributed by atoms with van der Waals surface area (Å²) in [5.74, 6) is -3.73. The Morgan fingerprint density at radius 3 is 2.12 bits per heavy atom. The van der Waals surface area contributed by atoms with Crippen molar-refractivity contribution in [3.05, 3.63) is 54.1 Å². The Morgan fingerprint density at radius 2 is 1.56 bits per heavy atom. The molecule has 0 unspecified atom stereocenters. The average molecular weight is 496 g/mol. The predicted molar refractivity (Wildman–Crippen MR) is 106 cm³/mol. The summed E-state index contributed by atoms with van der Waals surface area (Å²) >= 11 is 0.256. The van der Waals surface area contributed by atoms with Gasteiger partial charge in [0.25, 0.3) is 11.7 Å². The van der Waals surface area contributed by atoms with Crippen LogP contribution in [0.25, 0.3) is 0 Å². The van der Waals surface area contributed by atoms with Crippen molar-refractivity contribution in [1.82, 2.24) is 9.21 Å². The van der Waals surface area contributed by atoms with E-state index >= 15 is 0 Å². The van der Waals surface area contributed by atoms with Gasteiger partial charge in [-0.3, -0.25) is 4.79 Å². The van der Waals surface area contributed by atoms with E-state index in [0.29, 0.717) is 0 Å². The van der Waals surface area contributed by atoms with Gasteiger partial charge in [0.15, 0.2) is 0 Å². The third-order valence-corrected chi connectivity index (χ3v) is 7.26. The highest BCUT2D eigenvalue weighted by Crippen LogP contribution is 2.30. The quantitative estimate of drug-likeness (QED) is 0.446. The van der Waals surface area contributed by atoms with Gasteiger partial charge in [0.2, 0.25) is 10.0 Å². The Bertz CT molecular complexity index is 1050. The first-order valence-electron chi connectivity index (χ1n) is 9.16. The number of carbonyl (C=O) groups excluding carboxylic acids is 1. The molecular formula is C19H17F5N2O4S2. The fourth-order valence-electron chi connectivity index (χ4n) is 3.11. The highest BCUT2D eigenvalue weighted by molar-refractivity contribution is 7.99. The molecule has 1 saturated heterocycles. The van der Waals surface area contributed by atoms with Crippen LogP contribution in [0.15, 0.2) is 58.3 Å². The summed E-state index contributed by atoms with van der Waals surface area (Å²) in [4.78, 5) is 14.1. The molecule has 1 heterocycles. The monoisotopic (exact) mass is 496 g/mol. The highest BCUT2D eigenvalue weighted by Gasteiger charge is 2.33. The number of alkyl halides is 5. The third kappa shape index (κ3) is 5.90. The van der Waals surface area contributed by atoms with Crippen LogP contribution in [0.5, 0.6) is 5.75 Å². The van der Waals surface area contributed by atoms with Gasteiger partial charge >= 0.3 is 6.36 Å². The van der Waals surface area contributed by atoms with E-state index in [4.69, 9.17) is 0 Å². The number of halogens is 5. The van der Waals surface area contributed by atoms with Gasteiger partial charge in [-0.05, 0) is 36.4 Å². The largest absolute Gasteiger partial charge is 0.573 e. The summed E-state index contributed by atoms with van der Waals surface area (Å²) < 4.78 is 92.7. The fourth-order valence-corrected chi connectivity index (χ4v) is 5.16. The van der Waals surface area contributed by atoms with Crippen LogP contribution in [0.4, 0.5) is 22.0 Å². The van der Waals surface area contributed by atoms with Crippen LogP contribution >= 0.6 is 11.8 Å². The molecule has 0 aromatic heterocycles. The molecule has 0 saturated carbocycles. The summed E-state index contributed by atoms with van der Waals surface area (Å²) in [5, 5.41) is 0. The lowest BCUT2D eigenvalue weighted by Gasteiger charge is -2.34. The molecule has 174 valence electrons.